The first-order valence-corrected chi connectivity index (χ1v) is 7.14. The Morgan fingerprint density at radius 1 is 1.27 bits per heavy atom. The first-order valence-electron chi connectivity index (χ1n) is 7.14. The number of nitrogens with zero attached hydrogens (tertiary/aromatic N) is 4. The average molecular weight is 297 g/mol. The maximum absolute atomic E-state index is 12.7. The van der Waals surface area contributed by atoms with Crippen molar-refractivity contribution in [1.29, 1.82) is 0 Å². The summed E-state index contributed by atoms with van der Waals surface area (Å²) in [5, 5.41) is 4.75. The van der Waals surface area contributed by atoms with Crippen molar-refractivity contribution in [2.75, 3.05) is 0 Å². The van der Waals surface area contributed by atoms with Crippen LogP contribution in [0.2, 0.25) is 0 Å². The molecule has 0 aliphatic rings. The number of nitrogens with two attached hydrogens (primary N) is 1. The fourth-order valence-corrected chi connectivity index (χ4v) is 2.69. The fourth-order valence-electron chi connectivity index (χ4n) is 2.69. The van der Waals surface area contributed by atoms with Gasteiger partial charge in [0.05, 0.1) is 22.7 Å². The van der Waals surface area contributed by atoms with Crippen LogP contribution in [-0.4, -0.2) is 19.3 Å². The Bertz CT molecular complexity index is 920. The van der Waals surface area contributed by atoms with Crippen LogP contribution in [-0.2, 0) is 14.1 Å². The number of aromatic nitrogens is 4. The van der Waals surface area contributed by atoms with Crippen molar-refractivity contribution in [2.24, 2.45) is 19.8 Å². The topological polar surface area (TPSA) is 78.7 Å². The molecule has 0 radical (unpaired) electrons. The van der Waals surface area contributed by atoms with Crippen molar-refractivity contribution in [3.8, 4) is 11.4 Å². The largest absolute Gasteiger partial charge is 0.324 e. The van der Waals surface area contributed by atoms with E-state index in [0.29, 0.717) is 16.7 Å². The molecule has 22 heavy (non-hydrogen) atoms. The van der Waals surface area contributed by atoms with Gasteiger partial charge in [0.2, 0.25) is 0 Å². The van der Waals surface area contributed by atoms with Crippen LogP contribution in [0, 0.1) is 6.92 Å². The molecule has 0 saturated heterocycles. The summed E-state index contributed by atoms with van der Waals surface area (Å²) in [5.41, 5.74) is 9.36. The first kappa shape index (κ1) is 14.5. The minimum absolute atomic E-state index is 0.0746. The Kier molecular flexibility index (Phi) is 3.33. The second-order valence-corrected chi connectivity index (χ2v) is 5.74. The van der Waals surface area contributed by atoms with Crippen LogP contribution >= 0.6 is 0 Å². The molecule has 0 saturated carbocycles. The van der Waals surface area contributed by atoms with Gasteiger partial charge in [-0.05, 0) is 31.0 Å². The van der Waals surface area contributed by atoms with Gasteiger partial charge in [-0.2, -0.15) is 5.10 Å². The van der Waals surface area contributed by atoms with Crippen molar-refractivity contribution in [3.05, 3.63) is 46.0 Å². The Morgan fingerprint density at radius 3 is 2.59 bits per heavy atom. The van der Waals surface area contributed by atoms with Crippen LogP contribution in [0.1, 0.15) is 24.1 Å². The second-order valence-electron chi connectivity index (χ2n) is 5.74. The highest BCUT2D eigenvalue weighted by Gasteiger charge is 2.16. The monoisotopic (exact) mass is 297 g/mol. The third-order valence-electron chi connectivity index (χ3n) is 3.81. The van der Waals surface area contributed by atoms with Gasteiger partial charge in [-0.3, -0.25) is 14.0 Å². The summed E-state index contributed by atoms with van der Waals surface area (Å²) in [5.74, 6) is 0.594. The Morgan fingerprint density at radius 2 is 2.00 bits per heavy atom. The molecule has 0 amide bonds. The van der Waals surface area contributed by atoms with Crippen LogP contribution in [0.15, 0.2) is 29.3 Å². The quantitative estimate of drug-likeness (QED) is 0.780. The van der Waals surface area contributed by atoms with E-state index in [4.69, 9.17) is 10.7 Å². The molecule has 0 spiro atoms. The molecule has 3 aromatic rings. The van der Waals surface area contributed by atoms with Gasteiger partial charge in [-0.25, -0.2) is 4.98 Å². The SMILES string of the molecule is Cc1cc(C(C)N)c2nc(-c3cnn(C)c3)n(C)c(=O)c2c1. The van der Waals surface area contributed by atoms with Crippen molar-refractivity contribution < 1.29 is 0 Å². The number of aryl methyl sites for hydroxylation is 2. The molecule has 0 aliphatic heterocycles. The zero-order valence-electron chi connectivity index (χ0n) is 13.2. The van der Waals surface area contributed by atoms with Gasteiger partial charge in [0.15, 0.2) is 0 Å². The summed E-state index contributed by atoms with van der Waals surface area (Å²) >= 11 is 0. The van der Waals surface area contributed by atoms with Gasteiger partial charge >= 0.3 is 0 Å². The smallest absolute Gasteiger partial charge is 0.261 e. The summed E-state index contributed by atoms with van der Waals surface area (Å²) in [6, 6.07) is 3.67. The summed E-state index contributed by atoms with van der Waals surface area (Å²) < 4.78 is 3.25. The second kappa shape index (κ2) is 5.06. The molecule has 0 fully saturated rings. The van der Waals surface area contributed by atoms with Crippen molar-refractivity contribution >= 4 is 10.9 Å². The minimum atomic E-state index is -0.191. The van der Waals surface area contributed by atoms with E-state index in [1.54, 1.807) is 22.5 Å². The first-order chi connectivity index (χ1) is 10.4. The fraction of sp³-hybridized carbons (Fsp3) is 0.312. The lowest BCUT2D eigenvalue weighted by atomic mass is 10.0. The van der Waals surface area contributed by atoms with Crippen LogP contribution in [0.3, 0.4) is 0 Å². The molecule has 3 rings (SSSR count). The van der Waals surface area contributed by atoms with Gasteiger partial charge in [0.1, 0.15) is 5.82 Å². The van der Waals surface area contributed by atoms with E-state index < -0.39 is 0 Å². The minimum Gasteiger partial charge on any atom is -0.324 e. The molecule has 6 nitrogen and oxygen atoms in total. The molecule has 114 valence electrons. The standard InChI is InChI=1S/C16H19N5O/c1-9-5-12(10(2)17)14-13(6-9)16(22)21(4)15(19-14)11-7-18-20(3)8-11/h5-8,10H,17H2,1-4H3. The Labute approximate surface area is 128 Å². The van der Waals surface area contributed by atoms with Crippen molar-refractivity contribution in [1.82, 2.24) is 19.3 Å². The predicted molar refractivity (Wildman–Crippen MR) is 86.5 cm³/mol. The van der Waals surface area contributed by atoms with E-state index in [2.05, 4.69) is 5.10 Å². The highest BCUT2D eigenvalue weighted by Crippen LogP contribution is 2.24. The van der Waals surface area contributed by atoms with Crippen molar-refractivity contribution in [2.45, 2.75) is 19.9 Å². The number of benzene rings is 1. The van der Waals surface area contributed by atoms with Crippen molar-refractivity contribution in [3.63, 3.8) is 0 Å². The van der Waals surface area contributed by atoms with Gasteiger partial charge in [-0.1, -0.05) is 6.07 Å². The van der Waals surface area contributed by atoms with Crippen LogP contribution in [0.5, 0.6) is 0 Å². The molecule has 0 aliphatic carbocycles. The van der Waals surface area contributed by atoms with Crippen LogP contribution < -0.4 is 11.3 Å². The predicted octanol–water partition coefficient (Wildman–Crippen LogP) is 1.66. The molecular formula is C16H19N5O. The third-order valence-corrected chi connectivity index (χ3v) is 3.81. The summed E-state index contributed by atoms with van der Waals surface area (Å²) in [6.07, 6.45) is 3.54. The molecule has 2 N–H and O–H groups in total. The number of fused-ring (bicyclic) bond motifs is 1. The maximum atomic E-state index is 12.7. The van der Waals surface area contributed by atoms with Gasteiger partial charge in [0.25, 0.3) is 5.56 Å². The lowest BCUT2D eigenvalue weighted by molar-refractivity contribution is 0.767. The summed E-state index contributed by atoms with van der Waals surface area (Å²) in [7, 11) is 3.56. The van der Waals surface area contributed by atoms with Gasteiger partial charge < -0.3 is 5.73 Å². The lowest BCUT2D eigenvalue weighted by Crippen LogP contribution is -2.21. The van der Waals surface area contributed by atoms with E-state index in [1.807, 2.05) is 39.2 Å². The average Bonchev–Trinajstić information content (AvgIpc) is 2.88. The zero-order chi connectivity index (χ0) is 16.0. The van der Waals surface area contributed by atoms with E-state index in [-0.39, 0.29) is 11.6 Å². The molecule has 1 unspecified atom stereocenters. The number of hydrogen-bond donors (Lipinski definition) is 1. The normalized spacial score (nSPS) is 12.8. The van der Waals surface area contributed by atoms with Gasteiger partial charge in [-0.15, -0.1) is 0 Å². The molecule has 6 heteroatoms. The van der Waals surface area contributed by atoms with E-state index in [0.717, 1.165) is 16.7 Å². The Balaban J connectivity index is 2.42. The maximum Gasteiger partial charge on any atom is 0.261 e. The third kappa shape index (κ3) is 2.21. The van der Waals surface area contributed by atoms with E-state index in [9.17, 15) is 4.79 Å². The summed E-state index contributed by atoms with van der Waals surface area (Å²) in [4.78, 5) is 17.4. The summed E-state index contributed by atoms with van der Waals surface area (Å²) in [6.45, 7) is 3.86. The number of rotatable bonds is 2. The highest BCUT2D eigenvalue weighted by atomic mass is 16.1. The van der Waals surface area contributed by atoms with Crippen LogP contribution in [0.25, 0.3) is 22.3 Å². The lowest BCUT2D eigenvalue weighted by Gasteiger charge is -2.14. The molecule has 2 heterocycles. The molecule has 0 bridgehead atoms. The molecule has 1 aromatic carbocycles. The zero-order valence-corrected chi connectivity index (χ0v) is 13.2. The van der Waals surface area contributed by atoms with E-state index >= 15 is 0 Å². The highest BCUT2D eigenvalue weighted by molar-refractivity contribution is 5.84. The molecule has 1 atom stereocenters. The van der Waals surface area contributed by atoms with Gasteiger partial charge in [0, 0.05) is 26.3 Å². The molecule has 2 aromatic heterocycles. The molecular weight excluding hydrogens is 278 g/mol. The van der Waals surface area contributed by atoms with E-state index in [1.165, 1.54) is 0 Å². The van der Waals surface area contributed by atoms with Crippen LogP contribution in [0.4, 0.5) is 0 Å². The number of hydrogen-bond acceptors (Lipinski definition) is 4. The Hall–Kier alpha value is -2.47.